The van der Waals surface area contributed by atoms with Crippen molar-refractivity contribution >= 4 is 0 Å². The highest BCUT2D eigenvalue weighted by molar-refractivity contribution is 4.78. The minimum atomic E-state index is -0.374. The van der Waals surface area contributed by atoms with Gasteiger partial charge in [0.2, 0.25) is 0 Å². The van der Waals surface area contributed by atoms with Crippen molar-refractivity contribution in [3.63, 3.8) is 0 Å². The molecule has 2 unspecified atom stereocenters. The molecule has 0 spiro atoms. The van der Waals surface area contributed by atoms with E-state index in [0.29, 0.717) is 0 Å². The van der Waals surface area contributed by atoms with E-state index >= 15 is 0 Å². The standard InChI is InChI=1S/C11H22O/c1-3-10-7-5-4-6-8-11(2,12)9-10/h10,12H,3-9H2,1-2H3. The summed E-state index contributed by atoms with van der Waals surface area (Å²) in [6.07, 6.45) is 8.47. The van der Waals surface area contributed by atoms with Gasteiger partial charge >= 0.3 is 0 Å². The van der Waals surface area contributed by atoms with E-state index in [1.807, 2.05) is 6.92 Å². The molecule has 72 valence electrons. The molecule has 0 radical (unpaired) electrons. The van der Waals surface area contributed by atoms with Crippen LogP contribution in [0.2, 0.25) is 0 Å². The number of hydrogen-bond donors (Lipinski definition) is 1. The van der Waals surface area contributed by atoms with Crippen molar-refractivity contribution in [3.8, 4) is 0 Å². The summed E-state index contributed by atoms with van der Waals surface area (Å²) in [4.78, 5) is 0. The molecule has 0 amide bonds. The van der Waals surface area contributed by atoms with Crippen LogP contribution in [0.15, 0.2) is 0 Å². The van der Waals surface area contributed by atoms with Gasteiger partial charge in [0.1, 0.15) is 0 Å². The van der Waals surface area contributed by atoms with Crippen molar-refractivity contribution in [1.29, 1.82) is 0 Å². The predicted octanol–water partition coefficient (Wildman–Crippen LogP) is 3.12. The molecule has 0 heterocycles. The maximum absolute atomic E-state index is 9.98. The Morgan fingerprint density at radius 1 is 1.33 bits per heavy atom. The van der Waals surface area contributed by atoms with Crippen LogP contribution in [0.3, 0.4) is 0 Å². The largest absolute Gasteiger partial charge is 0.390 e. The normalized spacial score (nSPS) is 38.8. The Bertz CT molecular complexity index is 129. The van der Waals surface area contributed by atoms with Crippen molar-refractivity contribution in [2.24, 2.45) is 5.92 Å². The molecule has 1 fully saturated rings. The lowest BCUT2D eigenvalue weighted by atomic mass is 9.81. The lowest BCUT2D eigenvalue weighted by Crippen LogP contribution is -2.28. The summed E-state index contributed by atoms with van der Waals surface area (Å²) in [7, 11) is 0. The van der Waals surface area contributed by atoms with Crippen LogP contribution in [-0.2, 0) is 0 Å². The molecule has 0 aromatic heterocycles. The van der Waals surface area contributed by atoms with E-state index in [-0.39, 0.29) is 5.60 Å². The number of aliphatic hydroxyl groups is 1. The fourth-order valence-corrected chi connectivity index (χ4v) is 2.29. The third-order valence-corrected chi connectivity index (χ3v) is 3.13. The molecule has 0 aromatic carbocycles. The Kier molecular flexibility index (Phi) is 3.57. The molecule has 2 atom stereocenters. The van der Waals surface area contributed by atoms with Crippen LogP contribution < -0.4 is 0 Å². The van der Waals surface area contributed by atoms with E-state index in [9.17, 15) is 5.11 Å². The summed E-state index contributed by atoms with van der Waals surface area (Å²) in [6, 6.07) is 0. The molecule has 1 heteroatoms. The van der Waals surface area contributed by atoms with Crippen LogP contribution >= 0.6 is 0 Å². The Morgan fingerprint density at radius 2 is 2.08 bits per heavy atom. The van der Waals surface area contributed by atoms with E-state index in [2.05, 4.69) is 6.92 Å². The van der Waals surface area contributed by atoms with Crippen molar-refractivity contribution in [2.75, 3.05) is 0 Å². The molecule has 1 N–H and O–H groups in total. The van der Waals surface area contributed by atoms with Crippen LogP contribution in [0, 0.1) is 5.92 Å². The van der Waals surface area contributed by atoms with Gasteiger partial charge in [-0.1, -0.05) is 39.0 Å². The van der Waals surface area contributed by atoms with E-state index in [1.54, 1.807) is 0 Å². The Balaban J connectivity index is 2.45. The zero-order chi connectivity index (χ0) is 9.03. The predicted molar refractivity (Wildman–Crippen MR) is 52.1 cm³/mol. The zero-order valence-electron chi connectivity index (χ0n) is 8.47. The summed E-state index contributed by atoms with van der Waals surface area (Å²) >= 11 is 0. The van der Waals surface area contributed by atoms with E-state index < -0.39 is 0 Å². The molecule has 0 bridgehead atoms. The molecule has 1 nitrogen and oxygen atoms in total. The number of rotatable bonds is 1. The van der Waals surface area contributed by atoms with Crippen LogP contribution in [0.1, 0.15) is 58.8 Å². The molecule has 0 saturated heterocycles. The van der Waals surface area contributed by atoms with E-state index in [0.717, 1.165) is 18.8 Å². The Morgan fingerprint density at radius 3 is 2.75 bits per heavy atom. The quantitative estimate of drug-likeness (QED) is 0.641. The topological polar surface area (TPSA) is 20.2 Å². The highest BCUT2D eigenvalue weighted by atomic mass is 16.3. The lowest BCUT2D eigenvalue weighted by molar-refractivity contribution is 0.0154. The van der Waals surface area contributed by atoms with Gasteiger partial charge in [-0.2, -0.15) is 0 Å². The van der Waals surface area contributed by atoms with Gasteiger partial charge in [0.05, 0.1) is 5.60 Å². The summed E-state index contributed by atoms with van der Waals surface area (Å²) in [5.41, 5.74) is -0.374. The Hall–Kier alpha value is -0.0400. The third kappa shape index (κ3) is 3.14. The van der Waals surface area contributed by atoms with Crippen LogP contribution in [-0.4, -0.2) is 10.7 Å². The fourth-order valence-electron chi connectivity index (χ4n) is 2.29. The first-order valence-corrected chi connectivity index (χ1v) is 5.36. The molecule has 0 aromatic rings. The minimum absolute atomic E-state index is 0.374. The van der Waals surface area contributed by atoms with Crippen molar-refractivity contribution in [1.82, 2.24) is 0 Å². The molecular weight excluding hydrogens is 148 g/mol. The Labute approximate surface area is 76.2 Å². The summed E-state index contributed by atoms with van der Waals surface area (Å²) in [6.45, 7) is 4.24. The molecule has 1 aliphatic rings. The second kappa shape index (κ2) is 4.27. The van der Waals surface area contributed by atoms with Gasteiger partial charge in [0, 0.05) is 0 Å². The van der Waals surface area contributed by atoms with Gasteiger partial charge in [-0.15, -0.1) is 0 Å². The first-order valence-electron chi connectivity index (χ1n) is 5.36. The van der Waals surface area contributed by atoms with E-state index in [4.69, 9.17) is 0 Å². The summed E-state index contributed by atoms with van der Waals surface area (Å²) in [5, 5.41) is 9.98. The maximum atomic E-state index is 9.98. The van der Waals surface area contributed by atoms with Crippen LogP contribution in [0.25, 0.3) is 0 Å². The molecule has 0 aliphatic heterocycles. The first kappa shape index (κ1) is 10.0. The average molecular weight is 170 g/mol. The smallest absolute Gasteiger partial charge is 0.0622 e. The van der Waals surface area contributed by atoms with Crippen molar-refractivity contribution in [3.05, 3.63) is 0 Å². The van der Waals surface area contributed by atoms with E-state index in [1.165, 1.54) is 32.1 Å². The molecule has 1 rings (SSSR count). The van der Waals surface area contributed by atoms with Crippen molar-refractivity contribution in [2.45, 2.75) is 64.4 Å². The summed E-state index contributed by atoms with van der Waals surface area (Å²) in [5.74, 6) is 0.764. The lowest BCUT2D eigenvalue weighted by Gasteiger charge is -2.30. The second-order valence-electron chi connectivity index (χ2n) is 4.57. The van der Waals surface area contributed by atoms with Crippen molar-refractivity contribution < 1.29 is 5.11 Å². The monoisotopic (exact) mass is 170 g/mol. The van der Waals surface area contributed by atoms with Gasteiger partial charge < -0.3 is 5.11 Å². The van der Waals surface area contributed by atoms with Gasteiger partial charge in [0.25, 0.3) is 0 Å². The highest BCUT2D eigenvalue weighted by Crippen LogP contribution is 2.30. The third-order valence-electron chi connectivity index (χ3n) is 3.13. The molecule has 12 heavy (non-hydrogen) atoms. The zero-order valence-corrected chi connectivity index (χ0v) is 8.47. The average Bonchev–Trinajstić information content (AvgIpc) is 1.97. The van der Waals surface area contributed by atoms with Crippen LogP contribution in [0.5, 0.6) is 0 Å². The van der Waals surface area contributed by atoms with Gasteiger partial charge in [0.15, 0.2) is 0 Å². The second-order valence-corrected chi connectivity index (χ2v) is 4.57. The first-order chi connectivity index (χ1) is 5.64. The fraction of sp³-hybridized carbons (Fsp3) is 1.00. The minimum Gasteiger partial charge on any atom is -0.390 e. The molecular formula is C11H22O. The maximum Gasteiger partial charge on any atom is 0.0622 e. The highest BCUT2D eigenvalue weighted by Gasteiger charge is 2.25. The number of hydrogen-bond acceptors (Lipinski definition) is 1. The van der Waals surface area contributed by atoms with Gasteiger partial charge in [-0.25, -0.2) is 0 Å². The summed E-state index contributed by atoms with van der Waals surface area (Å²) < 4.78 is 0. The molecule has 1 saturated carbocycles. The molecule has 1 aliphatic carbocycles. The van der Waals surface area contributed by atoms with Crippen LogP contribution in [0.4, 0.5) is 0 Å². The van der Waals surface area contributed by atoms with Gasteiger partial charge in [-0.05, 0) is 25.7 Å². The SMILES string of the molecule is CCC1CCCCCC(C)(O)C1. The van der Waals surface area contributed by atoms with Gasteiger partial charge in [-0.3, -0.25) is 0 Å².